The Morgan fingerprint density at radius 1 is 0.631 bits per heavy atom. The molecule has 0 aliphatic heterocycles. The Hall–Kier alpha value is -6.78. The SMILES string of the molecule is [2H]C([2H])([2H])c1cc(C([2H])([2H])[2H])c2c(c1)oc1c(-c3cc(C4CCC(C)(C)CC4C)c(C)cn3)cc(Oc3cc(-c4cc(C([2H])([2H])[2H])c(C([2H])([2H])[2H])cn4)cc(-c4ccc(-c5ccc(-c6ccccc6)cc5)cc4)c3C([2H])([2H])[2H])cc12. The summed E-state index contributed by atoms with van der Waals surface area (Å²) in [6, 6.07) is 37.1. The molecule has 65 heavy (non-hydrogen) atoms. The van der Waals surface area contributed by atoms with Gasteiger partial charge in [0.1, 0.15) is 22.7 Å². The van der Waals surface area contributed by atoms with Crippen LogP contribution in [-0.2, 0) is 0 Å². The molecule has 0 spiro atoms. The molecule has 0 N–H and O–H groups in total. The summed E-state index contributed by atoms with van der Waals surface area (Å²) in [6.07, 6.45) is 5.74. The predicted octanol–water partition coefficient (Wildman–Crippen LogP) is 17.3. The summed E-state index contributed by atoms with van der Waals surface area (Å²) in [4.78, 5) is 9.39. The zero-order valence-corrected chi connectivity index (χ0v) is 36.8. The highest BCUT2D eigenvalue weighted by molar-refractivity contribution is 6.11. The smallest absolute Gasteiger partial charge is 0.145 e. The first-order valence-electron chi connectivity index (χ1n) is 29.5. The molecule has 4 nitrogen and oxygen atoms in total. The van der Waals surface area contributed by atoms with Crippen LogP contribution in [0.3, 0.4) is 0 Å². The van der Waals surface area contributed by atoms with Crippen molar-refractivity contribution in [3.8, 4) is 67.4 Å². The van der Waals surface area contributed by atoms with Gasteiger partial charge in [0.2, 0.25) is 0 Å². The number of ether oxygens (including phenoxy) is 1. The topological polar surface area (TPSA) is 48.2 Å². The lowest BCUT2D eigenvalue weighted by Crippen LogP contribution is -2.27. The van der Waals surface area contributed by atoms with Gasteiger partial charge in [-0.3, -0.25) is 9.97 Å². The van der Waals surface area contributed by atoms with E-state index in [1.54, 1.807) is 30.5 Å². The summed E-state index contributed by atoms with van der Waals surface area (Å²) in [5.74, 6) is 0.335. The van der Waals surface area contributed by atoms with Gasteiger partial charge in [-0.25, -0.2) is 0 Å². The van der Waals surface area contributed by atoms with E-state index in [4.69, 9.17) is 34.7 Å². The van der Waals surface area contributed by atoms with E-state index >= 15 is 0 Å². The van der Waals surface area contributed by atoms with Gasteiger partial charge in [0, 0.05) is 54.9 Å². The number of furan rings is 1. The fourth-order valence-electron chi connectivity index (χ4n) is 9.87. The average molecular weight is 866 g/mol. The van der Waals surface area contributed by atoms with E-state index in [1.807, 2.05) is 79.7 Å². The number of fused-ring (bicyclic) bond motifs is 3. The number of nitrogens with zero attached hydrogens (tertiary/aromatic N) is 2. The Morgan fingerprint density at radius 2 is 1.32 bits per heavy atom. The molecule has 4 heteroatoms. The molecule has 1 aliphatic rings. The average Bonchev–Trinajstić information content (AvgIpc) is 3.94. The molecule has 2 atom stereocenters. The number of aryl methyl sites for hydroxylation is 5. The van der Waals surface area contributed by atoms with Crippen molar-refractivity contribution in [3.63, 3.8) is 0 Å². The molecule has 0 saturated heterocycles. The molecule has 10 rings (SSSR count). The number of aromatic nitrogens is 2. The Kier molecular flexibility index (Phi) is 7.22. The van der Waals surface area contributed by atoms with Crippen LogP contribution in [0.4, 0.5) is 0 Å². The minimum atomic E-state index is -2.89. The minimum Gasteiger partial charge on any atom is -0.457 e. The third-order valence-electron chi connectivity index (χ3n) is 13.2. The highest BCUT2D eigenvalue weighted by atomic mass is 16.5. The molecule has 0 bridgehead atoms. The van der Waals surface area contributed by atoms with Crippen molar-refractivity contribution in [1.82, 2.24) is 9.97 Å². The van der Waals surface area contributed by atoms with Gasteiger partial charge in [0.25, 0.3) is 0 Å². The van der Waals surface area contributed by atoms with Crippen LogP contribution in [0.25, 0.3) is 77.8 Å². The molecule has 3 aromatic heterocycles. The summed E-state index contributed by atoms with van der Waals surface area (Å²) in [5.41, 5.74) is 6.21. The Labute approximate surface area is 405 Å². The molecule has 2 unspecified atom stereocenters. The van der Waals surface area contributed by atoms with Gasteiger partial charge in [0.15, 0.2) is 0 Å². The zero-order valence-electron chi connectivity index (χ0n) is 51.8. The summed E-state index contributed by atoms with van der Waals surface area (Å²) in [5, 5.41) is 0.335. The lowest BCUT2D eigenvalue weighted by atomic mass is 9.65. The maximum absolute atomic E-state index is 9.13. The number of rotatable bonds is 8. The number of pyridine rings is 2. The van der Waals surface area contributed by atoms with Gasteiger partial charge in [-0.05, 0) is 192 Å². The Bertz CT molecular complexity index is 3810. The molecular weight excluding hydrogens is 793 g/mol. The quantitative estimate of drug-likeness (QED) is 0.153. The molecule has 0 amide bonds. The number of hydrogen-bond acceptors (Lipinski definition) is 4. The van der Waals surface area contributed by atoms with Gasteiger partial charge in [-0.2, -0.15) is 0 Å². The highest BCUT2D eigenvalue weighted by Crippen LogP contribution is 2.48. The van der Waals surface area contributed by atoms with Crippen LogP contribution >= 0.6 is 0 Å². The van der Waals surface area contributed by atoms with E-state index in [9.17, 15) is 0 Å². The van der Waals surface area contributed by atoms with Crippen molar-refractivity contribution in [2.75, 3.05) is 0 Å². The van der Waals surface area contributed by atoms with Crippen molar-refractivity contribution in [2.24, 2.45) is 11.3 Å². The third kappa shape index (κ3) is 8.16. The van der Waals surface area contributed by atoms with Crippen molar-refractivity contribution >= 4 is 21.9 Å². The second-order valence-corrected chi connectivity index (χ2v) is 18.4. The fraction of sp³-hybridized carbons (Fsp3) is 0.246. The molecule has 324 valence electrons. The van der Waals surface area contributed by atoms with E-state index in [0.29, 0.717) is 22.7 Å². The first-order valence-corrected chi connectivity index (χ1v) is 22.0. The summed E-state index contributed by atoms with van der Waals surface area (Å²) in [7, 11) is 0. The first-order chi connectivity index (χ1) is 37.3. The van der Waals surface area contributed by atoms with Gasteiger partial charge in [-0.15, -0.1) is 0 Å². The molecule has 1 saturated carbocycles. The van der Waals surface area contributed by atoms with Crippen LogP contribution in [0.1, 0.15) is 105 Å². The van der Waals surface area contributed by atoms with E-state index < -0.39 is 45.4 Å². The van der Waals surface area contributed by atoms with Gasteiger partial charge >= 0.3 is 0 Å². The molecule has 0 radical (unpaired) electrons. The summed E-state index contributed by atoms with van der Waals surface area (Å²) >= 11 is 0. The predicted molar refractivity (Wildman–Crippen MR) is 271 cm³/mol. The lowest BCUT2D eigenvalue weighted by Gasteiger charge is -2.40. The summed E-state index contributed by atoms with van der Waals surface area (Å²) < 4.78 is 141. The second-order valence-electron chi connectivity index (χ2n) is 18.4. The molecule has 6 aromatic carbocycles. The number of benzene rings is 6. The van der Waals surface area contributed by atoms with Crippen molar-refractivity contribution in [2.45, 2.75) is 87.1 Å². The monoisotopic (exact) mass is 866 g/mol. The molecular formula is C61H58N2O2. The zero-order chi connectivity index (χ0) is 57.6. The second kappa shape index (κ2) is 16.7. The normalized spacial score (nSPS) is 20.4. The van der Waals surface area contributed by atoms with Crippen LogP contribution in [0, 0.1) is 52.5 Å². The van der Waals surface area contributed by atoms with Crippen LogP contribution in [0.2, 0.25) is 0 Å². The highest BCUT2D eigenvalue weighted by Gasteiger charge is 2.34. The molecule has 3 heterocycles. The molecule has 1 aliphatic carbocycles. The van der Waals surface area contributed by atoms with E-state index in [2.05, 4.69) is 25.8 Å². The minimum absolute atomic E-state index is 0.00620. The lowest BCUT2D eigenvalue weighted by molar-refractivity contribution is 0.167. The van der Waals surface area contributed by atoms with Crippen molar-refractivity contribution in [1.29, 1.82) is 0 Å². The molecule has 1 fully saturated rings. The van der Waals surface area contributed by atoms with Crippen LogP contribution < -0.4 is 4.74 Å². The Balaban J connectivity index is 1.21. The van der Waals surface area contributed by atoms with Gasteiger partial charge in [-0.1, -0.05) is 106 Å². The van der Waals surface area contributed by atoms with Gasteiger partial charge < -0.3 is 9.15 Å². The van der Waals surface area contributed by atoms with Crippen LogP contribution in [0.15, 0.2) is 144 Å². The van der Waals surface area contributed by atoms with Crippen molar-refractivity contribution < 1.29 is 29.7 Å². The van der Waals surface area contributed by atoms with E-state index in [0.717, 1.165) is 64.9 Å². The van der Waals surface area contributed by atoms with E-state index in [1.165, 1.54) is 24.3 Å². The largest absolute Gasteiger partial charge is 0.457 e. The fourth-order valence-corrected chi connectivity index (χ4v) is 9.87. The standard InChI is InChI=1S/C61H58N2O2/c1-36-25-38(3)59-54-31-49(30-53(60(54)65-58(59)26-36)56-32-51(41(6)35-63-56)50-23-24-61(8,9)33-39(50)4)64-57-29-48(55-27-37(2)40(5)34-62-55)28-52(42(57)7)47-21-19-46(20-22-47)45-17-15-44(16-18-45)43-13-11-10-12-14-43/h10-22,25-32,34-35,39,50H,23-24,33H2,1-9H3/i1D3,2D3,3D3,5D3,7D3. The number of hydrogen-bond donors (Lipinski definition) is 0. The van der Waals surface area contributed by atoms with Crippen LogP contribution in [-0.4, -0.2) is 9.97 Å². The maximum Gasteiger partial charge on any atom is 0.145 e. The van der Waals surface area contributed by atoms with Gasteiger partial charge in [0.05, 0.1) is 11.4 Å². The Morgan fingerprint density at radius 3 is 2.02 bits per heavy atom. The summed E-state index contributed by atoms with van der Waals surface area (Å²) in [6.45, 7) is -5.31. The van der Waals surface area contributed by atoms with Crippen LogP contribution in [0.5, 0.6) is 11.5 Å². The first kappa shape index (κ1) is 28.2. The van der Waals surface area contributed by atoms with Crippen molar-refractivity contribution in [3.05, 3.63) is 179 Å². The van der Waals surface area contributed by atoms with E-state index in [-0.39, 0.29) is 78.3 Å². The third-order valence-corrected chi connectivity index (χ3v) is 13.2. The molecule has 9 aromatic rings. The maximum atomic E-state index is 9.13.